The zero-order valence-electron chi connectivity index (χ0n) is 19.6. The molecule has 2 aromatic carbocycles. The topological polar surface area (TPSA) is 49.8 Å². The molecule has 0 atom stereocenters. The van der Waals surface area contributed by atoms with Crippen LogP contribution in [0.5, 0.6) is 0 Å². The Morgan fingerprint density at radius 1 is 0.618 bits per heavy atom. The van der Waals surface area contributed by atoms with E-state index in [0.29, 0.717) is 10.8 Å². The van der Waals surface area contributed by atoms with Gasteiger partial charge in [0, 0.05) is 23.9 Å². The predicted molar refractivity (Wildman–Crippen MR) is 140 cm³/mol. The summed E-state index contributed by atoms with van der Waals surface area (Å²) in [6, 6.07) is 25.4. The van der Waals surface area contributed by atoms with Crippen LogP contribution in [-0.2, 0) is 0 Å². The quantitative estimate of drug-likeness (QED) is 0.337. The van der Waals surface area contributed by atoms with E-state index in [9.17, 15) is 0 Å². The molecule has 2 aromatic heterocycles. The smallest absolute Gasteiger partial charge is 0.126 e. The van der Waals surface area contributed by atoms with Crippen LogP contribution in [0.15, 0.2) is 72.8 Å². The van der Waals surface area contributed by atoms with Gasteiger partial charge in [-0.25, -0.2) is 9.97 Å². The fraction of sp³-hybridized carbons (Fsp3) is 0.400. The van der Waals surface area contributed by atoms with Gasteiger partial charge >= 0.3 is 0 Å². The van der Waals surface area contributed by atoms with Crippen molar-refractivity contribution in [1.29, 1.82) is 0 Å². The Balaban J connectivity index is 1.08. The maximum absolute atomic E-state index is 4.88. The Morgan fingerprint density at radius 3 is 1.59 bits per heavy atom. The number of nitrogens with one attached hydrogen (secondary N) is 2. The first-order valence-corrected chi connectivity index (χ1v) is 12.9. The summed E-state index contributed by atoms with van der Waals surface area (Å²) in [6.07, 6.45) is 8.25. The van der Waals surface area contributed by atoms with Crippen LogP contribution in [-0.4, -0.2) is 23.1 Å². The lowest BCUT2D eigenvalue weighted by Crippen LogP contribution is -2.56. The second kappa shape index (κ2) is 7.69. The lowest BCUT2D eigenvalue weighted by molar-refractivity contribution is -0.0971. The third-order valence-corrected chi connectivity index (χ3v) is 8.79. The highest BCUT2D eigenvalue weighted by atomic mass is 15.0. The van der Waals surface area contributed by atoms with Crippen molar-refractivity contribution in [3.63, 3.8) is 0 Å². The van der Waals surface area contributed by atoms with Crippen molar-refractivity contribution in [3.05, 3.63) is 72.8 Å². The van der Waals surface area contributed by atoms with Crippen molar-refractivity contribution in [2.24, 2.45) is 22.7 Å². The van der Waals surface area contributed by atoms with Gasteiger partial charge in [-0.15, -0.1) is 0 Å². The van der Waals surface area contributed by atoms with Crippen LogP contribution >= 0.6 is 0 Å². The molecule has 4 aromatic rings. The van der Waals surface area contributed by atoms with Crippen LogP contribution in [0.2, 0.25) is 0 Å². The minimum Gasteiger partial charge on any atom is -0.369 e. The largest absolute Gasteiger partial charge is 0.369 e. The SMILES string of the molecule is c1ccc2nc(NCC34CC5CC(C3)CC(CNc3ccc6ccccc6n3)(C5)C4)ccc2c1. The summed E-state index contributed by atoms with van der Waals surface area (Å²) in [5.74, 6) is 3.78. The van der Waals surface area contributed by atoms with Crippen LogP contribution in [0.25, 0.3) is 21.8 Å². The van der Waals surface area contributed by atoms with Crippen LogP contribution in [0, 0.1) is 22.7 Å². The second-order valence-electron chi connectivity index (χ2n) is 11.4. The highest BCUT2D eigenvalue weighted by molar-refractivity contribution is 5.80. The first kappa shape index (κ1) is 20.3. The molecule has 4 fully saturated rings. The number of rotatable bonds is 6. The van der Waals surface area contributed by atoms with Crippen molar-refractivity contribution in [2.45, 2.75) is 38.5 Å². The normalized spacial score (nSPS) is 29.5. The third kappa shape index (κ3) is 3.60. The molecule has 0 spiro atoms. The van der Waals surface area contributed by atoms with Crippen LogP contribution in [0.1, 0.15) is 38.5 Å². The Morgan fingerprint density at radius 2 is 1.09 bits per heavy atom. The van der Waals surface area contributed by atoms with E-state index in [0.717, 1.165) is 47.6 Å². The van der Waals surface area contributed by atoms with Gasteiger partial charge in [-0.3, -0.25) is 0 Å². The van der Waals surface area contributed by atoms with Crippen molar-refractivity contribution in [2.75, 3.05) is 23.7 Å². The molecule has 0 amide bonds. The van der Waals surface area contributed by atoms with Gasteiger partial charge in [0.25, 0.3) is 0 Å². The highest BCUT2D eigenvalue weighted by Crippen LogP contribution is 2.65. The van der Waals surface area contributed by atoms with Gasteiger partial charge < -0.3 is 10.6 Å². The van der Waals surface area contributed by atoms with Gasteiger partial charge in [0.1, 0.15) is 11.6 Å². The number of anilines is 2. The summed E-state index contributed by atoms with van der Waals surface area (Å²) >= 11 is 0. The van der Waals surface area contributed by atoms with Crippen molar-refractivity contribution >= 4 is 33.4 Å². The lowest BCUT2D eigenvalue weighted by atomic mass is 9.44. The Labute approximate surface area is 201 Å². The Kier molecular flexibility index (Phi) is 4.58. The van der Waals surface area contributed by atoms with Gasteiger partial charge in [0.05, 0.1) is 11.0 Å². The molecule has 0 unspecified atom stereocenters. The van der Waals surface area contributed by atoms with E-state index < -0.39 is 0 Å². The van der Waals surface area contributed by atoms with Gasteiger partial charge in [-0.1, -0.05) is 36.4 Å². The number of para-hydroxylation sites is 2. The number of aromatic nitrogens is 2. The van der Waals surface area contributed by atoms with Crippen molar-refractivity contribution < 1.29 is 0 Å². The lowest BCUT2D eigenvalue weighted by Gasteiger charge is -2.62. The van der Waals surface area contributed by atoms with E-state index in [-0.39, 0.29) is 0 Å². The summed E-state index contributed by atoms with van der Waals surface area (Å²) in [5, 5.41) is 9.93. The standard InChI is InChI=1S/C30H32N4/c1-3-7-25-23(5-1)9-11-27(33-25)31-19-29-14-21-13-22(15-29)17-30(16-21,18-29)20-32-28-12-10-24-6-2-4-8-26(24)34-28/h1-12,21-22H,13-20H2,(H,31,33)(H,32,34). The summed E-state index contributed by atoms with van der Waals surface area (Å²) < 4.78 is 0. The fourth-order valence-electron chi connectivity index (χ4n) is 7.95. The first-order valence-electron chi connectivity index (χ1n) is 12.9. The van der Waals surface area contributed by atoms with E-state index in [1.807, 2.05) is 0 Å². The van der Waals surface area contributed by atoms with Gasteiger partial charge in [0.15, 0.2) is 0 Å². The minimum absolute atomic E-state index is 0.399. The Hall–Kier alpha value is -3.14. The molecule has 0 aliphatic heterocycles. The van der Waals surface area contributed by atoms with Crippen LogP contribution in [0.4, 0.5) is 11.6 Å². The zero-order chi connectivity index (χ0) is 22.6. The van der Waals surface area contributed by atoms with Crippen molar-refractivity contribution in [3.8, 4) is 0 Å². The molecular weight excluding hydrogens is 416 g/mol. The van der Waals surface area contributed by atoms with E-state index in [1.54, 1.807) is 0 Å². The molecular formula is C30H32N4. The maximum Gasteiger partial charge on any atom is 0.126 e. The molecule has 4 heteroatoms. The molecule has 0 radical (unpaired) electrons. The van der Waals surface area contributed by atoms with E-state index in [2.05, 4.69) is 83.4 Å². The van der Waals surface area contributed by atoms with Crippen molar-refractivity contribution in [1.82, 2.24) is 9.97 Å². The average Bonchev–Trinajstić information content (AvgIpc) is 2.85. The molecule has 172 valence electrons. The molecule has 4 saturated carbocycles. The highest BCUT2D eigenvalue weighted by Gasteiger charge is 2.57. The fourth-order valence-corrected chi connectivity index (χ4v) is 7.95. The van der Waals surface area contributed by atoms with E-state index in [1.165, 1.54) is 49.3 Å². The predicted octanol–water partition coefficient (Wildman–Crippen LogP) is 6.89. The van der Waals surface area contributed by atoms with Gasteiger partial charge in [-0.2, -0.15) is 0 Å². The molecule has 2 N–H and O–H groups in total. The molecule has 2 heterocycles. The number of nitrogens with zero attached hydrogens (tertiary/aromatic N) is 2. The molecule has 4 aliphatic rings. The van der Waals surface area contributed by atoms with E-state index >= 15 is 0 Å². The molecule has 4 bridgehead atoms. The summed E-state index contributed by atoms with van der Waals surface area (Å²) in [4.78, 5) is 9.76. The Bertz CT molecular complexity index is 1250. The van der Waals surface area contributed by atoms with E-state index in [4.69, 9.17) is 9.97 Å². The van der Waals surface area contributed by atoms with Crippen LogP contribution in [0.3, 0.4) is 0 Å². The maximum atomic E-state index is 4.88. The molecule has 0 saturated heterocycles. The molecule has 34 heavy (non-hydrogen) atoms. The third-order valence-electron chi connectivity index (χ3n) is 8.79. The monoisotopic (exact) mass is 448 g/mol. The second-order valence-corrected chi connectivity index (χ2v) is 11.4. The van der Waals surface area contributed by atoms with Gasteiger partial charge in [0.2, 0.25) is 0 Å². The average molecular weight is 449 g/mol. The zero-order valence-corrected chi connectivity index (χ0v) is 19.6. The van der Waals surface area contributed by atoms with Gasteiger partial charge in [-0.05, 0) is 97.6 Å². The molecule has 4 aliphatic carbocycles. The number of hydrogen-bond acceptors (Lipinski definition) is 4. The minimum atomic E-state index is 0.399. The number of pyridine rings is 2. The number of benzene rings is 2. The molecule has 8 rings (SSSR count). The summed E-state index contributed by atoms with van der Waals surface area (Å²) in [6.45, 7) is 2.09. The summed E-state index contributed by atoms with van der Waals surface area (Å²) in [5.41, 5.74) is 2.94. The number of hydrogen-bond donors (Lipinski definition) is 2. The summed E-state index contributed by atoms with van der Waals surface area (Å²) in [7, 11) is 0. The first-order chi connectivity index (χ1) is 16.7. The molecule has 4 nitrogen and oxygen atoms in total. The number of fused-ring (bicyclic) bond motifs is 2. The van der Waals surface area contributed by atoms with Crippen LogP contribution < -0.4 is 10.6 Å².